The van der Waals surface area contributed by atoms with Gasteiger partial charge in [-0.15, -0.1) is 0 Å². The van der Waals surface area contributed by atoms with Crippen molar-refractivity contribution in [3.63, 3.8) is 0 Å². The first-order valence-corrected chi connectivity index (χ1v) is 7.69. The molecule has 2 rings (SSSR count). The molecule has 1 aromatic rings. The molecule has 1 aromatic carbocycles. The molecule has 0 radical (unpaired) electrons. The smallest absolute Gasteiger partial charge is 0.251 e. The highest BCUT2D eigenvalue weighted by molar-refractivity contribution is 8.00. The normalized spacial score (nSPS) is 24.5. The monoisotopic (exact) mass is 319 g/mol. The van der Waals surface area contributed by atoms with Crippen LogP contribution in [0, 0.1) is 17.5 Å². The Morgan fingerprint density at radius 3 is 2.52 bits per heavy atom. The van der Waals surface area contributed by atoms with Gasteiger partial charge in [0.2, 0.25) is 0 Å². The Labute approximate surface area is 124 Å². The number of aliphatic hydroxyl groups is 1. The second-order valence-electron chi connectivity index (χ2n) is 5.02. The second-order valence-corrected chi connectivity index (χ2v) is 6.50. The lowest BCUT2D eigenvalue weighted by Gasteiger charge is -2.45. The van der Waals surface area contributed by atoms with E-state index in [1.54, 1.807) is 11.8 Å². The van der Waals surface area contributed by atoms with Crippen molar-refractivity contribution in [2.24, 2.45) is 0 Å². The van der Waals surface area contributed by atoms with Crippen LogP contribution in [-0.4, -0.2) is 34.2 Å². The van der Waals surface area contributed by atoms with E-state index >= 15 is 0 Å². The average Bonchev–Trinajstić information content (AvgIpc) is 2.45. The largest absolute Gasteiger partial charge is 0.387 e. The SMILES string of the molecule is CCS[C@@H]1CC[C@@]1(O)CNC(=O)c1cc(F)c(F)c(F)c1. The Hall–Kier alpha value is -1.21. The highest BCUT2D eigenvalue weighted by Gasteiger charge is 2.45. The molecule has 1 aliphatic rings. The molecule has 1 saturated carbocycles. The second kappa shape index (κ2) is 6.27. The summed E-state index contributed by atoms with van der Waals surface area (Å²) < 4.78 is 39.0. The average molecular weight is 319 g/mol. The fourth-order valence-electron chi connectivity index (χ4n) is 2.26. The fraction of sp³-hybridized carbons (Fsp3) is 0.500. The van der Waals surface area contributed by atoms with Crippen molar-refractivity contribution in [3.8, 4) is 0 Å². The molecule has 0 spiro atoms. The van der Waals surface area contributed by atoms with Crippen molar-refractivity contribution in [2.45, 2.75) is 30.6 Å². The topological polar surface area (TPSA) is 49.3 Å². The molecule has 2 atom stereocenters. The summed E-state index contributed by atoms with van der Waals surface area (Å²) in [4.78, 5) is 11.8. The predicted molar refractivity (Wildman–Crippen MR) is 74.8 cm³/mol. The van der Waals surface area contributed by atoms with Crippen LogP contribution in [0.5, 0.6) is 0 Å². The van der Waals surface area contributed by atoms with Crippen molar-refractivity contribution in [1.29, 1.82) is 0 Å². The number of hydrogen-bond acceptors (Lipinski definition) is 3. The Kier molecular flexibility index (Phi) is 4.83. The third-order valence-corrected chi connectivity index (χ3v) is 5.02. The van der Waals surface area contributed by atoms with E-state index < -0.39 is 29.0 Å². The number of thioether (sulfide) groups is 1. The molecule has 0 unspecified atom stereocenters. The van der Waals surface area contributed by atoms with Crippen LogP contribution in [0.15, 0.2) is 12.1 Å². The van der Waals surface area contributed by atoms with Crippen molar-refractivity contribution in [3.05, 3.63) is 35.1 Å². The lowest BCUT2D eigenvalue weighted by atomic mass is 9.79. The Morgan fingerprint density at radius 2 is 2.05 bits per heavy atom. The number of carbonyl (C=O) groups excluding carboxylic acids is 1. The third-order valence-electron chi connectivity index (χ3n) is 3.61. The molecular weight excluding hydrogens is 303 g/mol. The molecule has 1 fully saturated rings. The number of hydrogen-bond donors (Lipinski definition) is 2. The van der Waals surface area contributed by atoms with E-state index in [-0.39, 0.29) is 17.4 Å². The maximum absolute atomic E-state index is 13.1. The maximum Gasteiger partial charge on any atom is 0.251 e. The predicted octanol–water partition coefficient (Wildman–Crippen LogP) is 2.48. The summed E-state index contributed by atoms with van der Waals surface area (Å²) in [5.41, 5.74) is -1.30. The van der Waals surface area contributed by atoms with Crippen LogP contribution in [0.4, 0.5) is 13.2 Å². The summed E-state index contributed by atoms with van der Waals surface area (Å²) in [5.74, 6) is -4.32. The number of rotatable bonds is 5. The van der Waals surface area contributed by atoms with Gasteiger partial charge < -0.3 is 10.4 Å². The molecule has 2 N–H and O–H groups in total. The number of halogens is 3. The zero-order valence-electron chi connectivity index (χ0n) is 11.5. The first kappa shape index (κ1) is 16.2. The highest BCUT2D eigenvalue weighted by atomic mass is 32.2. The molecule has 1 aliphatic carbocycles. The Bertz CT molecular complexity index is 532. The summed E-state index contributed by atoms with van der Waals surface area (Å²) >= 11 is 1.61. The van der Waals surface area contributed by atoms with Gasteiger partial charge in [0.1, 0.15) is 0 Å². The van der Waals surface area contributed by atoms with Gasteiger partial charge in [-0.1, -0.05) is 6.92 Å². The van der Waals surface area contributed by atoms with Crippen LogP contribution in [0.25, 0.3) is 0 Å². The summed E-state index contributed by atoms with van der Waals surface area (Å²) in [6.07, 6.45) is 1.43. The van der Waals surface area contributed by atoms with Crippen LogP contribution >= 0.6 is 11.8 Å². The standard InChI is InChI=1S/C14H16F3NO2S/c1-2-21-11-3-4-14(11,20)7-18-13(19)8-5-9(15)12(17)10(16)6-8/h5-6,11,20H,2-4,7H2,1H3,(H,18,19)/t11-,14-/m1/s1. The third kappa shape index (κ3) is 3.35. The van der Waals surface area contributed by atoms with Crippen molar-refractivity contribution in [1.82, 2.24) is 5.32 Å². The Balaban J connectivity index is 1.99. The van der Waals surface area contributed by atoms with Crippen LogP contribution in [-0.2, 0) is 0 Å². The lowest BCUT2D eigenvalue weighted by molar-refractivity contribution is -0.0221. The fourth-order valence-corrected chi connectivity index (χ4v) is 3.46. The van der Waals surface area contributed by atoms with Gasteiger partial charge in [0.15, 0.2) is 17.5 Å². The summed E-state index contributed by atoms with van der Waals surface area (Å²) in [5, 5.41) is 12.8. The quantitative estimate of drug-likeness (QED) is 0.820. The van der Waals surface area contributed by atoms with Crippen LogP contribution < -0.4 is 5.32 Å². The molecule has 0 aliphatic heterocycles. The van der Waals surface area contributed by atoms with Crippen molar-refractivity contribution >= 4 is 17.7 Å². The molecule has 116 valence electrons. The molecule has 0 heterocycles. The van der Waals surface area contributed by atoms with E-state index in [4.69, 9.17) is 0 Å². The number of benzene rings is 1. The van der Waals surface area contributed by atoms with Gasteiger partial charge in [-0.05, 0) is 30.7 Å². The van der Waals surface area contributed by atoms with Gasteiger partial charge in [-0.3, -0.25) is 4.79 Å². The van der Waals surface area contributed by atoms with Gasteiger partial charge in [0, 0.05) is 17.4 Å². The molecule has 0 bridgehead atoms. The minimum Gasteiger partial charge on any atom is -0.387 e. The zero-order chi connectivity index (χ0) is 15.6. The molecule has 0 aromatic heterocycles. The minimum absolute atomic E-state index is 0.00408. The molecule has 7 heteroatoms. The molecule has 0 saturated heterocycles. The lowest BCUT2D eigenvalue weighted by Crippen LogP contribution is -2.57. The van der Waals surface area contributed by atoms with E-state index in [2.05, 4.69) is 5.32 Å². The van der Waals surface area contributed by atoms with Crippen LogP contribution in [0.2, 0.25) is 0 Å². The Morgan fingerprint density at radius 1 is 1.43 bits per heavy atom. The first-order valence-electron chi connectivity index (χ1n) is 6.64. The summed E-state index contributed by atoms with van der Waals surface area (Å²) in [7, 11) is 0. The number of amides is 1. The summed E-state index contributed by atoms with van der Waals surface area (Å²) in [6, 6.07) is 1.27. The summed E-state index contributed by atoms with van der Waals surface area (Å²) in [6.45, 7) is 1.98. The van der Waals surface area contributed by atoms with E-state index in [0.717, 1.165) is 12.2 Å². The molecule has 3 nitrogen and oxygen atoms in total. The van der Waals surface area contributed by atoms with Crippen molar-refractivity contribution in [2.75, 3.05) is 12.3 Å². The first-order chi connectivity index (χ1) is 9.87. The van der Waals surface area contributed by atoms with Gasteiger partial charge in [-0.2, -0.15) is 11.8 Å². The molecule has 1 amide bonds. The van der Waals surface area contributed by atoms with Crippen molar-refractivity contribution < 1.29 is 23.1 Å². The van der Waals surface area contributed by atoms with Gasteiger partial charge in [-0.25, -0.2) is 13.2 Å². The number of carbonyl (C=O) groups is 1. The van der Waals surface area contributed by atoms with E-state index in [0.29, 0.717) is 18.6 Å². The van der Waals surface area contributed by atoms with E-state index in [1.807, 2.05) is 6.92 Å². The van der Waals surface area contributed by atoms with Gasteiger partial charge >= 0.3 is 0 Å². The van der Waals surface area contributed by atoms with E-state index in [1.165, 1.54) is 0 Å². The zero-order valence-corrected chi connectivity index (χ0v) is 12.3. The maximum atomic E-state index is 13.1. The van der Waals surface area contributed by atoms with Crippen LogP contribution in [0.3, 0.4) is 0 Å². The van der Waals surface area contributed by atoms with Gasteiger partial charge in [0.05, 0.1) is 5.60 Å². The van der Waals surface area contributed by atoms with Gasteiger partial charge in [0.25, 0.3) is 5.91 Å². The highest BCUT2D eigenvalue weighted by Crippen LogP contribution is 2.40. The van der Waals surface area contributed by atoms with E-state index in [9.17, 15) is 23.1 Å². The molecule has 21 heavy (non-hydrogen) atoms. The molecular formula is C14H16F3NO2S. The van der Waals surface area contributed by atoms with Crippen LogP contribution in [0.1, 0.15) is 30.1 Å². The minimum atomic E-state index is -1.61. The number of nitrogens with one attached hydrogen (secondary N) is 1.